The number of rotatable bonds is 6. The van der Waals surface area contributed by atoms with Gasteiger partial charge in [0.2, 0.25) is 0 Å². The molecule has 4 aromatic heterocycles. The van der Waals surface area contributed by atoms with Gasteiger partial charge in [-0.3, -0.25) is 4.68 Å². The number of aromatic nitrogens is 5. The number of nitrogens with zero attached hydrogens (tertiary/aromatic N) is 5. The van der Waals surface area contributed by atoms with Crippen LogP contribution in [-0.4, -0.2) is 37.0 Å². The Kier molecular flexibility index (Phi) is 5.12. The third kappa shape index (κ3) is 3.64. The summed E-state index contributed by atoms with van der Waals surface area (Å²) in [6.07, 6.45) is 5.39. The van der Waals surface area contributed by atoms with Crippen LogP contribution in [0.4, 0.5) is 0 Å². The number of carbonyl (C=O) groups is 1. The largest absolute Gasteiger partial charge is 0.461 e. The molecule has 0 spiro atoms. The van der Waals surface area contributed by atoms with Crippen LogP contribution < -0.4 is 0 Å². The van der Waals surface area contributed by atoms with Crippen molar-refractivity contribution in [2.45, 2.75) is 46.5 Å². The zero-order chi connectivity index (χ0) is 20.7. The summed E-state index contributed by atoms with van der Waals surface area (Å²) in [6.45, 7) is 8.60. The molecule has 7 nitrogen and oxygen atoms in total. The predicted molar refractivity (Wildman–Crippen MR) is 114 cm³/mol. The minimum atomic E-state index is -0.271. The van der Waals surface area contributed by atoms with E-state index in [1.54, 1.807) is 0 Å². The van der Waals surface area contributed by atoms with E-state index in [0.29, 0.717) is 17.4 Å². The first kappa shape index (κ1) is 19.6. The number of aryl methyl sites for hydroxylation is 4. The Hall–Kier alpha value is -2.74. The molecule has 0 fully saturated rings. The molecular weight excluding hydrogens is 386 g/mol. The minimum absolute atomic E-state index is 0.271. The molecule has 0 unspecified atom stereocenters. The van der Waals surface area contributed by atoms with Crippen molar-refractivity contribution in [3.8, 4) is 0 Å². The van der Waals surface area contributed by atoms with Gasteiger partial charge < -0.3 is 4.74 Å². The molecule has 0 N–H and O–H groups in total. The lowest BCUT2D eigenvalue weighted by atomic mass is 10.1. The molecule has 0 radical (unpaired) electrons. The summed E-state index contributed by atoms with van der Waals surface area (Å²) in [6, 6.07) is 1.91. The molecule has 0 amide bonds. The molecule has 152 valence electrons. The van der Waals surface area contributed by atoms with Gasteiger partial charge in [0.15, 0.2) is 5.65 Å². The number of thiophene rings is 1. The van der Waals surface area contributed by atoms with E-state index in [-0.39, 0.29) is 5.97 Å². The van der Waals surface area contributed by atoms with Gasteiger partial charge in [-0.15, -0.1) is 11.3 Å². The molecule has 4 heterocycles. The second-order valence-electron chi connectivity index (χ2n) is 7.67. The van der Waals surface area contributed by atoms with E-state index in [9.17, 15) is 4.79 Å². The highest BCUT2D eigenvalue weighted by Crippen LogP contribution is 2.31. The number of ether oxygens (including phenoxy) is 1. The van der Waals surface area contributed by atoms with Crippen LogP contribution in [0.25, 0.3) is 15.9 Å². The number of esters is 1. The molecule has 0 saturated heterocycles. The third-order valence-corrected chi connectivity index (χ3v) is 6.31. The zero-order valence-corrected chi connectivity index (χ0v) is 18.2. The normalized spacial score (nSPS) is 11.8. The molecule has 29 heavy (non-hydrogen) atoms. The summed E-state index contributed by atoms with van der Waals surface area (Å²) in [4.78, 5) is 18.6. The van der Waals surface area contributed by atoms with Crippen LogP contribution in [0.3, 0.4) is 0 Å². The van der Waals surface area contributed by atoms with Crippen LogP contribution in [0.1, 0.15) is 58.4 Å². The smallest absolute Gasteiger partial charge is 0.348 e. The Morgan fingerprint density at radius 3 is 2.83 bits per heavy atom. The van der Waals surface area contributed by atoms with Crippen molar-refractivity contribution in [3.05, 3.63) is 45.9 Å². The molecule has 0 aliphatic heterocycles. The van der Waals surface area contributed by atoms with E-state index < -0.39 is 0 Å². The molecule has 8 heteroatoms. The van der Waals surface area contributed by atoms with Gasteiger partial charge in [0, 0.05) is 30.4 Å². The molecule has 0 bridgehead atoms. The fraction of sp³-hybridized carbons (Fsp3) is 0.429. The number of fused-ring (bicyclic) bond motifs is 2. The lowest BCUT2D eigenvalue weighted by Gasteiger charge is -2.04. The maximum absolute atomic E-state index is 12.5. The van der Waals surface area contributed by atoms with E-state index in [4.69, 9.17) is 4.74 Å². The van der Waals surface area contributed by atoms with Crippen LogP contribution in [0, 0.1) is 13.8 Å². The lowest BCUT2D eigenvalue weighted by molar-refractivity contribution is 0.0506. The Bertz CT molecular complexity index is 1200. The second kappa shape index (κ2) is 7.59. The number of carbonyl (C=O) groups excluding carboxylic acids is 1. The van der Waals surface area contributed by atoms with Gasteiger partial charge in [-0.2, -0.15) is 10.2 Å². The van der Waals surface area contributed by atoms with E-state index in [1.165, 1.54) is 11.3 Å². The van der Waals surface area contributed by atoms with Gasteiger partial charge in [-0.25, -0.2) is 14.3 Å². The fourth-order valence-electron chi connectivity index (χ4n) is 3.43. The predicted octanol–water partition coefficient (Wildman–Crippen LogP) is 4.21. The number of hydrogen-bond donors (Lipinski definition) is 0. The summed E-state index contributed by atoms with van der Waals surface area (Å²) in [7, 11) is 1.91. The first-order valence-electron chi connectivity index (χ1n) is 9.79. The van der Waals surface area contributed by atoms with Gasteiger partial charge in [-0.1, -0.05) is 13.8 Å². The standard InChI is InChI=1S/C21H25N5O2S/c1-12(2)18-16-9-17(29-20(16)25(5)24-18)21(27)28-8-6-7-15-10-22-19-13(3)14(4)23-26(19)11-15/h9-12H,6-8H2,1-5H3. The Balaban J connectivity index is 1.36. The van der Waals surface area contributed by atoms with Crippen LogP contribution in [0.2, 0.25) is 0 Å². The van der Waals surface area contributed by atoms with Gasteiger partial charge in [-0.05, 0) is 44.2 Å². The van der Waals surface area contributed by atoms with Crippen molar-refractivity contribution in [2.24, 2.45) is 7.05 Å². The summed E-state index contributed by atoms with van der Waals surface area (Å²) in [5.41, 5.74) is 5.07. The molecule has 4 aromatic rings. The topological polar surface area (TPSA) is 74.3 Å². The highest BCUT2D eigenvalue weighted by molar-refractivity contribution is 7.20. The molecule has 0 saturated carbocycles. The van der Waals surface area contributed by atoms with Crippen molar-refractivity contribution in [1.82, 2.24) is 24.4 Å². The zero-order valence-electron chi connectivity index (χ0n) is 17.4. The first-order chi connectivity index (χ1) is 13.8. The van der Waals surface area contributed by atoms with Crippen molar-refractivity contribution in [1.29, 1.82) is 0 Å². The molecule has 4 rings (SSSR count). The summed E-state index contributed by atoms with van der Waals surface area (Å²) >= 11 is 1.43. The van der Waals surface area contributed by atoms with Gasteiger partial charge in [0.05, 0.1) is 18.0 Å². The molecule has 0 aliphatic rings. The van der Waals surface area contributed by atoms with Crippen molar-refractivity contribution in [3.63, 3.8) is 0 Å². The van der Waals surface area contributed by atoms with Crippen LogP contribution in [-0.2, 0) is 18.2 Å². The Morgan fingerprint density at radius 1 is 1.28 bits per heavy atom. The molecular formula is C21H25N5O2S. The maximum atomic E-state index is 12.5. The Morgan fingerprint density at radius 2 is 2.07 bits per heavy atom. The first-order valence-corrected chi connectivity index (χ1v) is 10.6. The minimum Gasteiger partial charge on any atom is -0.461 e. The third-order valence-electron chi connectivity index (χ3n) is 5.12. The monoisotopic (exact) mass is 411 g/mol. The SMILES string of the molecule is Cc1nn2cc(CCCOC(=O)c3cc4c(C(C)C)nn(C)c4s3)cnc2c1C. The number of hydrogen-bond acceptors (Lipinski definition) is 6. The van der Waals surface area contributed by atoms with E-state index in [2.05, 4.69) is 29.0 Å². The Labute approximate surface area is 173 Å². The molecule has 0 aromatic carbocycles. The van der Waals surface area contributed by atoms with E-state index in [1.807, 2.05) is 48.6 Å². The maximum Gasteiger partial charge on any atom is 0.348 e. The lowest BCUT2D eigenvalue weighted by Crippen LogP contribution is -2.06. The van der Waals surface area contributed by atoms with Crippen LogP contribution in [0.5, 0.6) is 0 Å². The van der Waals surface area contributed by atoms with Crippen molar-refractivity contribution in [2.75, 3.05) is 6.61 Å². The highest BCUT2D eigenvalue weighted by Gasteiger charge is 2.19. The second-order valence-corrected chi connectivity index (χ2v) is 8.70. The van der Waals surface area contributed by atoms with Gasteiger partial charge in [0.1, 0.15) is 9.71 Å². The molecule has 0 atom stereocenters. The summed E-state index contributed by atoms with van der Waals surface area (Å²) in [5, 5.41) is 10.1. The quantitative estimate of drug-likeness (QED) is 0.351. The van der Waals surface area contributed by atoms with Crippen molar-refractivity contribution >= 4 is 33.2 Å². The van der Waals surface area contributed by atoms with Gasteiger partial charge >= 0.3 is 5.97 Å². The fourth-order valence-corrected chi connectivity index (χ4v) is 4.41. The van der Waals surface area contributed by atoms with E-state index in [0.717, 1.165) is 51.2 Å². The van der Waals surface area contributed by atoms with Crippen LogP contribution >= 0.6 is 11.3 Å². The average Bonchev–Trinajstić information content (AvgIpc) is 3.33. The summed E-state index contributed by atoms with van der Waals surface area (Å²) < 4.78 is 9.16. The highest BCUT2D eigenvalue weighted by atomic mass is 32.1. The summed E-state index contributed by atoms with van der Waals surface area (Å²) in [5.74, 6) is 0.0401. The van der Waals surface area contributed by atoms with Crippen LogP contribution in [0.15, 0.2) is 18.5 Å². The van der Waals surface area contributed by atoms with Gasteiger partial charge in [0.25, 0.3) is 0 Å². The molecule has 0 aliphatic carbocycles. The van der Waals surface area contributed by atoms with Crippen molar-refractivity contribution < 1.29 is 9.53 Å². The average molecular weight is 412 g/mol. The van der Waals surface area contributed by atoms with E-state index >= 15 is 0 Å².